The van der Waals surface area contributed by atoms with Crippen LogP contribution in [0, 0.1) is 0 Å². The molecule has 0 unspecified atom stereocenters. The van der Waals surface area contributed by atoms with Crippen molar-refractivity contribution in [1.29, 1.82) is 0 Å². The van der Waals surface area contributed by atoms with E-state index in [2.05, 4.69) is 69.5 Å². The van der Waals surface area contributed by atoms with Crippen molar-refractivity contribution in [3.63, 3.8) is 0 Å². The van der Waals surface area contributed by atoms with Gasteiger partial charge in [-0.15, -0.1) is 17.9 Å². The van der Waals surface area contributed by atoms with Gasteiger partial charge in [0.25, 0.3) is 0 Å². The summed E-state index contributed by atoms with van der Waals surface area (Å²) >= 11 is 1.58. The Hall–Kier alpha value is -3.18. The van der Waals surface area contributed by atoms with E-state index in [-0.39, 0.29) is 0 Å². The fraction of sp³-hybridized carbons (Fsp3) is 0.0476. The van der Waals surface area contributed by atoms with E-state index in [1.807, 2.05) is 29.2 Å². The molecule has 0 spiro atoms. The first-order chi connectivity index (χ1) is 12.9. The quantitative estimate of drug-likeness (QED) is 0.398. The Morgan fingerprint density at radius 3 is 2.81 bits per heavy atom. The Morgan fingerprint density at radius 2 is 1.96 bits per heavy atom. The van der Waals surface area contributed by atoms with Gasteiger partial charge in [0.15, 0.2) is 0 Å². The molecule has 0 aliphatic heterocycles. The van der Waals surface area contributed by atoms with Crippen molar-refractivity contribution in [2.24, 2.45) is 10.1 Å². The van der Waals surface area contributed by atoms with E-state index in [9.17, 15) is 0 Å². The third kappa shape index (κ3) is 3.17. The SMILES string of the molecule is C=CCN=c1scc(-c2cccc3ccccc23)n1N=Cc1ccc[nH]1. The van der Waals surface area contributed by atoms with E-state index >= 15 is 0 Å². The summed E-state index contributed by atoms with van der Waals surface area (Å²) in [7, 11) is 0. The summed E-state index contributed by atoms with van der Waals surface area (Å²) in [5.41, 5.74) is 3.11. The predicted molar refractivity (Wildman–Crippen MR) is 110 cm³/mol. The number of nitrogens with one attached hydrogen (secondary N) is 1. The topological polar surface area (TPSA) is 45.4 Å². The second kappa shape index (κ2) is 7.37. The first-order valence-corrected chi connectivity index (χ1v) is 9.22. The van der Waals surface area contributed by atoms with E-state index in [1.54, 1.807) is 17.4 Å². The number of H-pyrrole nitrogens is 1. The van der Waals surface area contributed by atoms with Gasteiger partial charge < -0.3 is 4.98 Å². The molecule has 4 rings (SSSR count). The molecule has 0 saturated heterocycles. The van der Waals surface area contributed by atoms with Gasteiger partial charge in [0.05, 0.1) is 24.1 Å². The number of fused-ring (bicyclic) bond motifs is 1. The Balaban J connectivity index is 1.91. The summed E-state index contributed by atoms with van der Waals surface area (Å²) in [4.78, 5) is 8.58. The summed E-state index contributed by atoms with van der Waals surface area (Å²) in [5.74, 6) is 0. The summed E-state index contributed by atoms with van der Waals surface area (Å²) in [5, 5.41) is 9.20. The number of hydrogen-bond acceptors (Lipinski definition) is 3. The van der Waals surface area contributed by atoms with Gasteiger partial charge in [-0.05, 0) is 22.9 Å². The summed E-state index contributed by atoms with van der Waals surface area (Å²) in [6.07, 6.45) is 5.48. The first kappa shape index (κ1) is 16.3. The van der Waals surface area contributed by atoms with Gasteiger partial charge in [0, 0.05) is 17.1 Å². The largest absolute Gasteiger partial charge is 0.360 e. The Kier molecular flexibility index (Phi) is 4.62. The molecule has 2 aromatic carbocycles. The lowest BCUT2D eigenvalue weighted by Gasteiger charge is -2.07. The molecular weight excluding hydrogens is 340 g/mol. The number of aromatic nitrogens is 2. The highest BCUT2D eigenvalue weighted by atomic mass is 32.1. The van der Waals surface area contributed by atoms with Gasteiger partial charge in [-0.25, -0.2) is 4.68 Å². The van der Waals surface area contributed by atoms with Crippen LogP contribution in [0.15, 0.2) is 88.9 Å². The van der Waals surface area contributed by atoms with Crippen LogP contribution in [0.3, 0.4) is 0 Å². The van der Waals surface area contributed by atoms with Crippen LogP contribution in [0.1, 0.15) is 5.69 Å². The van der Waals surface area contributed by atoms with Crippen LogP contribution in [0.25, 0.3) is 22.0 Å². The highest BCUT2D eigenvalue weighted by Crippen LogP contribution is 2.28. The minimum atomic E-state index is 0.563. The fourth-order valence-electron chi connectivity index (χ4n) is 2.84. The molecule has 4 aromatic rings. The van der Waals surface area contributed by atoms with Gasteiger partial charge in [0.1, 0.15) is 0 Å². The maximum Gasteiger partial charge on any atom is 0.206 e. The van der Waals surface area contributed by atoms with Gasteiger partial charge in [0.2, 0.25) is 4.80 Å². The second-order valence-corrected chi connectivity index (χ2v) is 6.58. The van der Waals surface area contributed by atoms with Crippen molar-refractivity contribution in [3.05, 3.63) is 89.3 Å². The number of benzene rings is 2. The minimum Gasteiger partial charge on any atom is -0.360 e. The van der Waals surface area contributed by atoms with Crippen molar-refractivity contribution in [2.75, 3.05) is 6.54 Å². The zero-order chi connectivity index (χ0) is 17.8. The Bertz CT molecular complexity index is 1130. The molecule has 0 atom stereocenters. The molecule has 2 aromatic heterocycles. The van der Waals surface area contributed by atoms with E-state index in [4.69, 9.17) is 0 Å². The molecule has 128 valence electrons. The molecule has 0 bridgehead atoms. The highest BCUT2D eigenvalue weighted by molar-refractivity contribution is 7.07. The molecule has 0 aliphatic carbocycles. The lowest BCUT2D eigenvalue weighted by molar-refractivity contribution is 0.840. The van der Waals surface area contributed by atoms with Gasteiger partial charge in [-0.2, -0.15) is 5.10 Å². The van der Waals surface area contributed by atoms with Gasteiger partial charge in [-0.1, -0.05) is 48.5 Å². The maximum atomic E-state index is 4.69. The average molecular weight is 358 g/mol. The van der Waals surface area contributed by atoms with Crippen LogP contribution in [0.2, 0.25) is 0 Å². The number of hydrogen-bond donors (Lipinski definition) is 1. The number of aromatic amines is 1. The van der Waals surface area contributed by atoms with E-state index in [1.165, 1.54) is 10.8 Å². The van der Waals surface area contributed by atoms with Crippen LogP contribution < -0.4 is 4.80 Å². The molecule has 0 fully saturated rings. The third-order valence-corrected chi connectivity index (χ3v) is 4.89. The predicted octanol–water partition coefficient (Wildman–Crippen LogP) is 4.67. The Morgan fingerprint density at radius 1 is 1.08 bits per heavy atom. The average Bonchev–Trinajstić information content (AvgIpc) is 3.34. The van der Waals surface area contributed by atoms with E-state index < -0.39 is 0 Å². The van der Waals surface area contributed by atoms with Crippen molar-refractivity contribution < 1.29 is 0 Å². The van der Waals surface area contributed by atoms with Crippen molar-refractivity contribution >= 4 is 28.3 Å². The number of nitrogens with zero attached hydrogens (tertiary/aromatic N) is 3. The molecule has 0 radical (unpaired) electrons. The standard InChI is InChI=1S/C21H18N4S/c1-2-12-23-21-25(24-14-17-9-6-13-22-17)20(15-26-21)19-11-5-8-16-7-3-4-10-18(16)19/h2-11,13-15,22H,1,12H2. The zero-order valence-electron chi connectivity index (χ0n) is 14.2. The summed E-state index contributed by atoms with van der Waals surface area (Å²) < 4.78 is 1.90. The fourth-order valence-corrected chi connectivity index (χ4v) is 3.68. The molecule has 0 amide bonds. The molecule has 26 heavy (non-hydrogen) atoms. The highest BCUT2D eigenvalue weighted by Gasteiger charge is 2.10. The van der Waals surface area contributed by atoms with Crippen molar-refractivity contribution in [2.45, 2.75) is 0 Å². The lowest BCUT2D eigenvalue weighted by atomic mass is 10.0. The molecule has 1 N–H and O–H groups in total. The lowest BCUT2D eigenvalue weighted by Crippen LogP contribution is -2.12. The van der Waals surface area contributed by atoms with Crippen LogP contribution in [-0.2, 0) is 0 Å². The van der Waals surface area contributed by atoms with E-state index in [0.717, 1.165) is 21.8 Å². The van der Waals surface area contributed by atoms with Crippen LogP contribution in [0.5, 0.6) is 0 Å². The smallest absolute Gasteiger partial charge is 0.206 e. The van der Waals surface area contributed by atoms with Crippen molar-refractivity contribution in [3.8, 4) is 11.3 Å². The molecule has 2 heterocycles. The zero-order valence-corrected chi connectivity index (χ0v) is 15.0. The van der Waals surface area contributed by atoms with Crippen LogP contribution in [0.4, 0.5) is 0 Å². The van der Waals surface area contributed by atoms with Crippen LogP contribution >= 0.6 is 11.3 Å². The Labute approximate surface area is 155 Å². The molecular formula is C21H18N4S. The molecule has 0 aliphatic rings. The van der Waals surface area contributed by atoms with Gasteiger partial charge >= 0.3 is 0 Å². The molecule has 5 heteroatoms. The second-order valence-electron chi connectivity index (χ2n) is 5.74. The number of rotatable bonds is 5. The molecule has 0 saturated carbocycles. The summed E-state index contributed by atoms with van der Waals surface area (Å²) in [6.45, 7) is 4.32. The van der Waals surface area contributed by atoms with E-state index in [0.29, 0.717) is 6.54 Å². The van der Waals surface area contributed by atoms with Crippen LogP contribution in [-0.4, -0.2) is 22.4 Å². The molecule has 4 nitrogen and oxygen atoms in total. The maximum absolute atomic E-state index is 4.69. The minimum absolute atomic E-state index is 0.563. The monoisotopic (exact) mass is 358 g/mol. The van der Waals surface area contributed by atoms with Gasteiger partial charge in [-0.3, -0.25) is 4.99 Å². The number of thiazole rings is 1. The third-order valence-electron chi connectivity index (χ3n) is 4.04. The van der Waals surface area contributed by atoms with Crippen molar-refractivity contribution in [1.82, 2.24) is 9.66 Å². The first-order valence-electron chi connectivity index (χ1n) is 8.34. The summed E-state index contributed by atoms with van der Waals surface area (Å²) in [6, 6.07) is 18.7. The normalized spacial score (nSPS) is 12.2.